The zero-order chi connectivity index (χ0) is 11.4. The first kappa shape index (κ1) is 11.3. The fourth-order valence-electron chi connectivity index (χ4n) is 1.19. The number of hydrogen-bond acceptors (Lipinski definition) is 5. The highest BCUT2D eigenvalue weighted by Gasteiger charge is 2.11. The number of phenolic OH excluding ortho intramolecular Hbond substituents is 2. The predicted molar refractivity (Wildman–Crippen MR) is 56.2 cm³/mol. The molecule has 1 aromatic carbocycles. The number of hydrogen-bond donors (Lipinski definition) is 4. The van der Waals surface area contributed by atoms with Gasteiger partial charge in [0.15, 0.2) is 17.4 Å². The number of rotatable bonds is 3. The molecule has 0 aliphatic heterocycles. The number of benzene rings is 1. The molecule has 0 heterocycles. The van der Waals surface area contributed by atoms with Crippen LogP contribution in [0.5, 0.6) is 11.5 Å². The van der Waals surface area contributed by atoms with E-state index in [-0.39, 0.29) is 17.4 Å². The average molecular weight is 210 g/mol. The van der Waals surface area contributed by atoms with E-state index in [2.05, 4.69) is 4.74 Å². The monoisotopic (exact) mass is 210 g/mol. The van der Waals surface area contributed by atoms with Crippen LogP contribution in [0.1, 0.15) is 5.56 Å². The molecule has 0 aromatic heterocycles. The maximum atomic E-state index is 9.23. The molecule has 0 aliphatic carbocycles. The molecule has 0 spiro atoms. The topological polar surface area (TPSA) is 99.6 Å². The summed E-state index contributed by atoms with van der Waals surface area (Å²) in [5, 5.41) is 25.6. The minimum atomic E-state index is -0.543. The quantitative estimate of drug-likeness (QED) is 0.333. The van der Waals surface area contributed by atoms with Gasteiger partial charge in [0.1, 0.15) is 0 Å². The summed E-state index contributed by atoms with van der Waals surface area (Å²) >= 11 is 0. The normalized spacial score (nSPS) is 12.1. The molecule has 0 saturated heterocycles. The largest absolute Gasteiger partial charge is 0.504 e. The molecule has 1 rings (SSSR count). The summed E-state index contributed by atoms with van der Waals surface area (Å²) in [6, 6.07) is 3.89. The van der Waals surface area contributed by atoms with E-state index in [9.17, 15) is 5.11 Å². The van der Waals surface area contributed by atoms with E-state index in [4.69, 9.17) is 16.2 Å². The van der Waals surface area contributed by atoms with Crippen LogP contribution < -0.4 is 5.73 Å². The maximum absolute atomic E-state index is 9.23. The van der Waals surface area contributed by atoms with Crippen molar-refractivity contribution in [2.24, 2.45) is 5.73 Å². The lowest BCUT2D eigenvalue weighted by Crippen LogP contribution is -2.33. The van der Waals surface area contributed by atoms with Gasteiger partial charge in [-0.1, -0.05) is 6.07 Å². The average Bonchev–Trinajstić information content (AvgIpc) is 2.22. The summed E-state index contributed by atoms with van der Waals surface area (Å²) < 4.78 is 4.68. The van der Waals surface area contributed by atoms with Gasteiger partial charge in [0, 0.05) is 0 Å². The second-order valence-corrected chi connectivity index (χ2v) is 3.20. The lowest BCUT2D eigenvalue weighted by Gasteiger charge is -2.11. The summed E-state index contributed by atoms with van der Waals surface area (Å²) in [6.45, 7) is 0. The Hall–Kier alpha value is -1.75. The molecule has 0 aliphatic rings. The number of ether oxygens (including phenoxy) is 1. The van der Waals surface area contributed by atoms with E-state index >= 15 is 0 Å². The van der Waals surface area contributed by atoms with E-state index in [1.54, 1.807) is 6.07 Å². The lowest BCUT2D eigenvalue weighted by molar-refractivity contribution is 0.376. The van der Waals surface area contributed by atoms with Gasteiger partial charge >= 0.3 is 0 Å². The second-order valence-electron chi connectivity index (χ2n) is 3.20. The standard InChI is InChI=1S/C10H14N2O3/c1-15-10(12)7(11)4-6-2-3-8(13)9(14)5-6/h2-3,5,7,12-14H,4,11H2,1H3. The minimum Gasteiger partial charge on any atom is -0.504 e. The predicted octanol–water partition coefficient (Wildman–Crippen LogP) is 0.591. The fourth-order valence-corrected chi connectivity index (χ4v) is 1.19. The van der Waals surface area contributed by atoms with Crippen LogP contribution in [-0.2, 0) is 11.2 Å². The first-order valence-electron chi connectivity index (χ1n) is 4.43. The number of phenols is 2. The highest BCUT2D eigenvalue weighted by atomic mass is 16.5. The van der Waals surface area contributed by atoms with Crippen molar-refractivity contribution in [2.45, 2.75) is 12.5 Å². The molecule has 15 heavy (non-hydrogen) atoms. The van der Waals surface area contributed by atoms with Crippen molar-refractivity contribution in [3.8, 4) is 11.5 Å². The molecule has 5 nitrogen and oxygen atoms in total. The van der Waals surface area contributed by atoms with Gasteiger partial charge in [-0.2, -0.15) is 0 Å². The Morgan fingerprint density at radius 3 is 2.67 bits per heavy atom. The van der Waals surface area contributed by atoms with E-state index in [1.807, 2.05) is 0 Å². The van der Waals surface area contributed by atoms with Gasteiger partial charge in [0.05, 0.1) is 13.2 Å². The van der Waals surface area contributed by atoms with E-state index < -0.39 is 6.04 Å². The van der Waals surface area contributed by atoms with Crippen molar-refractivity contribution in [3.63, 3.8) is 0 Å². The molecule has 5 heteroatoms. The van der Waals surface area contributed by atoms with Crippen LogP contribution in [0.2, 0.25) is 0 Å². The third-order valence-corrected chi connectivity index (χ3v) is 2.05. The van der Waals surface area contributed by atoms with Gasteiger partial charge in [-0.3, -0.25) is 5.41 Å². The second kappa shape index (κ2) is 4.65. The summed E-state index contributed by atoms with van der Waals surface area (Å²) in [6.07, 6.45) is 0.376. The molecule has 0 bridgehead atoms. The minimum absolute atomic E-state index is 0.0115. The van der Waals surface area contributed by atoms with Gasteiger partial charge < -0.3 is 20.7 Å². The highest BCUT2D eigenvalue weighted by Crippen LogP contribution is 2.25. The molecule has 0 saturated carbocycles. The number of nitrogens with two attached hydrogens (primary N) is 1. The molecular formula is C10H14N2O3. The summed E-state index contributed by atoms with van der Waals surface area (Å²) in [7, 11) is 1.39. The number of methoxy groups -OCH3 is 1. The Bertz CT molecular complexity index is 366. The molecule has 0 radical (unpaired) electrons. The smallest absolute Gasteiger partial charge is 0.197 e. The first-order valence-corrected chi connectivity index (χ1v) is 4.43. The van der Waals surface area contributed by atoms with E-state index in [0.29, 0.717) is 6.42 Å². The van der Waals surface area contributed by atoms with Gasteiger partial charge in [-0.25, -0.2) is 0 Å². The summed E-state index contributed by atoms with van der Waals surface area (Å²) in [5.41, 5.74) is 6.39. The molecule has 5 N–H and O–H groups in total. The molecule has 1 atom stereocenters. The zero-order valence-electron chi connectivity index (χ0n) is 8.40. The number of aromatic hydroxyl groups is 2. The van der Waals surface area contributed by atoms with Crippen molar-refractivity contribution in [1.29, 1.82) is 5.41 Å². The zero-order valence-corrected chi connectivity index (χ0v) is 8.40. The molecule has 1 aromatic rings. The third kappa shape index (κ3) is 2.85. The Morgan fingerprint density at radius 2 is 2.13 bits per heavy atom. The van der Waals surface area contributed by atoms with Crippen molar-refractivity contribution in [1.82, 2.24) is 0 Å². The van der Waals surface area contributed by atoms with Crippen LogP contribution >= 0.6 is 0 Å². The summed E-state index contributed by atoms with van der Waals surface area (Å²) in [4.78, 5) is 0. The Labute approximate surface area is 87.6 Å². The third-order valence-electron chi connectivity index (χ3n) is 2.05. The fraction of sp³-hybridized carbons (Fsp3) is 0.300. The number of nitrogens with one attached hydrogen (secondary N) is 1. The SMILES string of the molecule is COC(=N)C(N)Cc1ccc(O)c(O)c1. The van der Waals surface area contributed by atoms with Crippen LogP contribution in [-0.4, -0.2) is 29.3 Å². The highest BCUT2D eigenvalue weighted by molar-refractivity contribution is 5.78. The van der Waals surface area contributed by atoms with Crippen LogP contribution in [0.4, 0.5) is 0 Å². The van der Waals surface area contributed by atoms with E-state index in [0.717, 1.165) is 5.56 Å². The van der Waals surface area contributed by atoms with E-state index in [1.165, 1.54) is 19.2 Å². The van der Waals surface area contributed by atoms with Gasteiger partial charge in [0.2, 0.25) is 0 Å². The van der Waals surface area contributed by atoms with Crippen LogP contribution in [0, 0.1) is 5.41 Å². The molecular weight excluding hydrogens is 196 g/mol. The summed E-state index contributed by atoms with van der Waals surface area (Å²) in [5.74, 6) is -0.375. The lowest BCUT2D eigenvalue weighted by atomic mass is 10.1. The molecule has 0 fully saturated rings. The van der Waals surface area contributed by atoms with Crippen molar-refractivity contribution >= 4 is 5.90 Å². The van der Waals surface area contributed by atoms with Crippen LogP contribution in [0.15, 0.2) is 18.2 Å². The Kier molecular flexibility index (Phi) is 3.51. The van der Waals surface area contributed by atoms with Crippen molar-refractivity contribution < 1.29 is 14.9 Å². The van der Waals surface area contributed by atoms with Crippen LogP contribution in [0.3, 0.4) is 0 Å². The molecule has 0 amide bonds. The van der Waals surface area contributed by atoms with Crippen molar-refractivity contribution in [3.05, 3.63) is 23.8 Å². The first-order chi connectivity index (χ1) is 7.04. The van der Waals surface area contributed by atoms with Gasteiger partial charge in [0.25, 0.3) is 0 Å². The van der Waals surface area contributed by atoms with Gasteiger partial charge in [-0.05, 0) is 24.1 Å². The Morgan fingerprint density at radius 1 is 1.47 bits per heavy atom. The Balaban J connectivity index is 2.73. The van der Waals surface area contributed by atoms with Crippen LogP contribution in [0.25, 0.3) is 0 Å². The molecule has 82 valence electrons. The maximum Gasteiger partial charge on any atom is 0.197 e. The van der Waals surface area contributed by atoms with Crippen molar-refractivity contribution in [2.75, 3.05) is 7.11 Å². The molecule has 1 unspecified atom stereocenters. The van der Waals surface area contributed by atoms with Gasteiger partial charge in [-0.15, -0.1) is 0 Å².